The number of ether oxygens (including phenoxy) is 1. The van der Waals surface area contributed by atoms with Crippen LogP contribution in [0.5, 0.6) is 5.75 Å². The molecule has 0 aliphatic carbocycles. The van der Waals surface area contributed by atoms with E-state index in [1.165, 1.54) is 18.0 Å². The summed E-state index contributed by atoms with van der Waals surface area (Å²) in [5.41, 5.74) is 5.23. The van der Waals surface area contributed by atoms with Crippen LogP contribution in [0.25, 0.3) is 0 Å². The fourth-order valence-electron chi connectivity index (χ4n) is 1.65. The van der Waals surface area contributed by atoms with Gasteiger partial charge in [-0.15, -0.1) is 0 Å². The second kappa shape index (κ2) is 5.90. The van der Waals surface area contributed by atoms with Crippen molar-refractivity contribution in [3.05, 3.63) is 46.3 Å². The number of benzene rings is 1. The Kier molecular flexibility index (Phi) is 4.02. The average molecular weight is 291 g/mol. The second-order valence-corrected chi connectivity index (χ2v) is 4.10. The van der Waals surface area contributed by atoms with Crippen molar-refractivity contribution in [1.29, 1.82) is 0 Å². The number of hydrazine groups is 1. The molecule has 1 heterocycles. The predicted molar refractivity (Wildman–Crippen MR) is 73.9 cm³/mol. The van der Waals surface area contributed by atoms with Gasteiger partial charge >= 0.3 is 5.82 Å². The SMILES string of the molecule is COc1cccc(C(=O)NNc2c([N+](=O)[O-])ncn2C)c1. The maximum atomic E-state index is 12.0. The minimum atomic E-state index is -0.639. The van der Waals surface area contributed by atoms with Gasteiger partial charge in [-0.3, -0.25) is 20.2 Å². The molecule has 1 aromatic carbocycles. The quantitative estimate of drug-likeness (QED) is 0.630. The summed E-state index contributed by atoms with van der Waals surface area (Å²) in [5.74, 6) is -0.210. The molecule has 0 aliphatic rings. The van der Waals surface area contributed by atoms with Crippen molar-refractivity contribution in [3.63, 3.8) is 0 Å². The first-order chi connectivity index (χ1) is 10.0. The van der Waals surface area contributed by atoms with Gasteiger partial charge in [0, 0.05) is 12.6 Å². The maximum absolute atomic E-state index is 12.0. The number of nitrogens with one attached hydrogen (secondary N) is 2. The van der Waals surface area contributed by atoms with E-state index in [-0.39, 0.29) is 11.6 Å². The third kappa shape index (κ3) is 3.08. The molecule has 21 heavy (non-hydrogen) atoms. The number of amides is 1. The van der Waals surface area contributed by atoms with Gasteiger partial charge < -0.3 is 14.9 Å². The van der Waals surface area contributed by atoms with E-state index in [1.807, 2.05) is 0 Å². The minimum Gasteiger partial charge on any atom is -0.497 e. The van der Waals surface area contributed by atoms with Crippen LogP contribution < -0.4 is 15.6 Å². The molecule has 0 unspecified atom stereocenters. The molecule has 9 heteroatoms. The Labute approximate surface area is 119 Å². The molecule has 0 spiro atoms. The summed E-state index contributed by atoms with van der Waals surface area (Å²) in [4.78, 5) is 25.8. The first-order valence-electron chi connectivity index (χ1n) is 5.89. The van der Waals surface area contributed by atoms with Gasteiger partial charge in [-0.05, 0) is 28.1 Å². The van der Waals surface area contributed by atoms with E-state index in [2.05, 4.69) is 15.8 Å². The summed E-state index contributed by atoms with van der Waals surface area (Å²) in [5, 5.41) is 10.8. The van der Waals surface area contributed by atoms with Crippen LogP contribution in [-0.2, 0) is 7.05 Å². The number of aromatic nitrogens is 2. The Morgan fingerprint density at radius 1 is 1.48 bits per heavy atom. The minimum absolute atomic E-state index is 0.0799. The van der Waals surface area contributed by atoms with Gasteiger partial charge in [0.1, 0.15) is 5.75 Å². The second-order valence-electron chi connectivity index (χ2n) is 4.10. The van der Waals surface area contributed by atoms with E-state index in [9.17, 15) is 14.9 Å². The number of aryl methyl sites for hydroxylation is 1. The topological polar surface area (TPSA) is 111 Å². The molecule has 110 valence electrons. The van der Waals surface area contributed by atoms with E-state index < -0.39 is 10.8 Å². The third-order valence-corrected chi connectivity index (χ3v) is 2.72. The summed E-state index contributed by atoms with van der Waals surface area (Å²) in [7, 11) is 3.06. The monoisotopic (exact) mass is 291 g/mol. The Morgan fingerprint density at radius 3 is 2.90 bits per heavy atom. The van der Waals surface area contributed by atoms with Crippen LogP contribution in [0.15, 0.2) is 30.6 Å². The van der Waals surface area contributed by atoms with E-state index in [0.29, 0.717) is 11.3 Å². The molecule has 1 amide bonds. The predicted octanol–water partition coefficient (Wildman–Crippen LogP) is 1.09. The third-order valence-electron chi connectivity index (χ3n) is 2.72. The number of methoxy groups -OCH3 is 1. The number of rotatable bonds is 5. The van der Waals surface area contributed by atoms with Crippen molar-refractivity contribution in [3.8, 4) is 5.75 Å². The molecular weight excluding hydrogens is 278 g/mol. The van der Waals surface area contributed by atoms with Crippen molar-refractivity contribution >= 4 is 17.5 Å². The van der Waals surface area contributed by atoms with Crippen LogP contribution in [0.1, 0.15) is 10.4 Å². The number of nitrogens with zero attached hydrogens (tertiary/aromatic N) is 3. The zero-order valence-corrected chi connectivity index (χ0v) is 11.4. The van der Waals surface area contributed by atoms with Crippen molar-refractivity contribution in [1.82, 2.24) is 15.0 Å². The molecule has 0 bridgehead atoms. The summed E-state index contributed by atoms with van der Waals surface area (Å²) < 4.78 is 6.41. The first-order valence-corrected chi connectivity index (χ1v) is 5.89. The van der Waals surface area contributed by atoms with E-state index >= 15 is 0 Å². The fourth-order valence-corrected chi connectivity index (χ4v) is 1.65. The van der Waals surface area contributed by atoms with Crippen LogP contribution in [0, 0.1) is 10.1 Å². The lowest BCUT2D eigenvalue weighted by Crippen LogP contribution is -2.30. The number of anilines is 1. The molecule has 0 aliphatic heterocycles. The highest BCUT2D eigenvalue weighted by Crippen LogP contribution is 2.20. The summed E-state index contributed by atoms with van der Waals surface area (Å²) in [6.45, 7) is 0. The smallest absolute Gasteiger partial charge is 0.408 e. The maximum Gasteiger partial charge on any atom is 0.408 e. The zero-order valence-electron chi connectivity index (χ0n) is 11.4. The van der Waals surface area contributed by atoms with Crippen LogP contribution in [0.2, 0.25) is 0 Å². The summed E-state index contributed by atoms with van der Waals surface area (Å²) in [6.07, 6.45) is 1.28. The average Bonchev–Trinajstić information content (AvgIpc) is 2.86. The molecule has 1 aromatic heterocycles. The lowest BCUT2D eigenvalue weighted by molar-refractivity contribution is -0.388. The van der Waals surface area contributed by atoms with Gasteiger partial charge in [0.2, 0.25) is 12.1 Å². The van der Waals surface area contributed by atoms with E-state index in [1.54, 1.807) is 31.3 Å². The van der Waals surface area contributed by atoms with Crippen LogP contribution in [0.3, 0.4) is 0 Å². The highest BCUT2D eigenvalue weighted by atomic mass is 16.6. The molecule has 9 nitrogen and oxygen atoms in total. The fraction of sp³-hybridized carbons (Fsp3) is 0.167. The number of carbonyl (C=O) groups is 1. The standard InChI is InChI=1S/C12H13N5O4/c1-16-7-13-10(17(19)20)11(16)14-15-12(18)8-4-3-5-9(6-8)21-2/h3-7,14H,1-2H3,(H,15,18). The van der Waals surface area contributed by atoms with Crippen molar-refractivity contribution in [2.75, 3.05) is 12.5 Å². The molecular formula is C12H13N5O4. The van der Waals surface area contributed by atoms with Gasteiger partial charge in [-0.25, -0.2) is 0 Å². The zero-order chi connectivity index (χ0) is 15.4. The lowest BCUT2D eigenvalue weighted by Gasteiger charge is -2.09. The first kappa shape index (κ1) is 14.3. The molecule has 0 saturated heterocycles. The number of nitro groups is 1. The molecule has 2 rings (SSSR count). The Bertz CT molecular complexity index is 682. The van der Waals surface area contributed by atoms with Crippen molar-refractivity contribution < 1.29 is 14.5 Å². The van der Waals surface area contributed by atoms with Gasteiger partial charge in [-0.1, -0.05) is 6.07 Å². The van der Waals surface area contributed by atoms with Gasteiger partial charge in [0.25, 0.3) is 5.91 Å². The summed E-state index contributed by atoms with van der Waals surface area (Å²) in [6, 6.07) is 6.52. The van der Waals surface area contributed by atoms with Crippen molar-refractivity contribution in [2.24, 2.45) is 7.05 Å². The number of hydrogen-bond donors (Lipinski definition) is 2. The van der Waals surface area contributed by atoms with Crippen molar-refractivity contribution in [2.45, 2.75) is 0 Å². The van der Waals surface area contributed by atoms with Gasteiger partial charge in [-0.2, -0.15) is 0 Å². The normalized spacial score (nSPS) is 10.0. The molecule has 0 fully saturated rings. The molecule has 0 saturated carbocycles. The number of carbonyl (C=O) groups excluding carboxylic acids is 1. The highest BCUT2D eigenvalue weighted by molar-refractivity contribution is 5.95. The Balaban J connectivity index is 2.11. The van der Waals surface area contributed by atoms with Crippen LogP contribution in [0.4, 0.5) is 11.6 Å². The largest absolute Gasteiger partial charge is 0.497 e. The molecule has 0 radical (unpaired) electrons. The Morgan fingerprint density at radius 2 is 2.24 bits per heavy atom. The molecule has 0 atom stereocenters. The lowest BCUT2D eigenvalue weighted by atomic mass is 10.2. The van der Waals surface area contributed by atoms with E-state index in [4.69, 9.17) is 4.74 Å². The highest BCUT2D eigenvalue weighted by Gasteiger charge is 2.20. The van der Waals surface area contributed by atoms with Gasteiger partial charge in [0.15, 0.2) is 0 Å². The molecule has 2 aromatic rings. The molecule has 2 N–H and O–H groups in total. The van der Waals surface area contributed by atoms with E-state index in [0.717, 1.165) is 0 Å². The summed E-state index contributed by atoms with van der Waals surface area (Å²) >= 11 is 0. The van der Waals surface area contributed by atoms with Crippen LogP contribution in [-0.4, -0.2) is 27.5 Å². The number of imidazole rings is 1. The Hall–Kier alpha value is -3.10. The van der Waals surface area contributed by atoms with Gasteiger partial charge in [0.05, 0.1) is 7.11 Å². The number of hydrogen-bond acceptors (Lipinski definition) is 6. The van der Waals surface area contributed by atoms with Crippen LogP contribution >= 0.6 is 0 Å².